The van der Waals surface area contributed by atoms with E-state index in [1.165, 1.54) is 6.07 Å². The summed E-state index contributed by atoms with van der Waals surface area (Å²) in [5.74, 6) is 0.351. The van der Waals surface area contributed by atoms with E-state index in [4.69, 9.17) is 4.74 Å². The van der Waals surface area contributed by atoms with Crippen LogP contribution in [0, 0.1) is 22.7 Å². The van der Waals surface area contributed by atoms with Crippen LogP contribution in [-0.2, 0) is 10.9 Å². The summed E-state index contributed by atoms with van der Waals surface area (Å²) in [4.78, 5) is 5.46. The monoisotopic (exact) mass is 325 g/mol. The number of aromatic nitrogens is 1. The minimum Gasteiger partial charge on any atom is -0.377 e. The number of nitrogens with zero attached hydrogens (tertiary/aromatic N) is 3. The molecule has 0 aromatic carbocycles. The van der Waals surface area contributed by atoms with E-state index in [0.717, 1.165) is 12.5 Å². The highest BCUT2D eigenvalue weighted by molar-refractivity contribution is 5.56. The molecule has 2 heterocycles. The van der Waals surface area contributed by atoms with Crippen molar-refractivity contribution >= 4 is 5.82 Å². The Bertz CT molecular complexity index is 666. The van der Waals surface area contributed by atoms with E-state index in [0.29, 0.717) is 6.61 Å². The third-order valence-electron chi connectivity index (χ3n) is 5.08. The fourth-order valence-corrected chi connectivity index (χ4v) is 4.18. The molecular weight excluding hydrogens is 307 g/mol. The van der Waals surface area contributed by atoms with Gasteiger partial charge in [-0.05, 0) is 18.6 Å². The van der Waals surface area contributed by atoms with Gasteiger partial charge in [0.2, 0.25) is 0 Å². The Morgan fingerprint density at radius 1 is 1.39 bits per heavy atom. The second-order valence-electron chi connectivity index (χ2n) is 6.80. The lowest BCUT2D eigenvalue weighted by atomic mass is 9.57. The summed E-state index contributed by atoms with van der Waals surface area (Å²) in [5, 5.41) is 9.23. The molecule has 1 aromatic rings. The molecule has 2 fully saturated rings. The second kappa shape index (κ2) is 5.10. The fourth-order valence-electron chi connectivity index (χ4n) is 4.18. The van der Waals surface area contributed by atoms with Gasteiger partial charge < -0.3 is 9.64 Å². The third kappa shape index (κ3) is 2.36. The molecule has 0 spiro atoms. The number of hydrogen-bond acceptors (Lipinski definition) is 4. The number of alkyl halides is 3. The Kier molecular flexibility index (Phi) is 3.56. The highest BCUT2D eigenvalue weighted by Gasteiger charge is 2.61. The number of ether oxygens (including phenoxy) is 1. The number of pyridine rings is 1. The van der Waals surface area contributed by atoms with Gasteiger partial charge in [0.1, 0.15) is 17.6 Å². The molecule has 1 saturated heterocycles. The minimum absolute atomic E-state index is 0.00177. The van der Waals surface area contributed by atoms with Gasteiger partial charge in [0, 0.05) is 31.0 Å². The molecule has 2 aliphatic rings. The summed E-state index contributed by atoms with van der Waals surface area (Å²) < 4.78 is 44.6. The molecule has 0 N–H and O–H groups in total. The SMILES string of the molecule is CN(c1nc(C(F)(F)F)ccc1C#N)[C@@H]1[C@@H]2CCO[C@@H]2C1(C)C. The lowest BCUT2D eigenvalue weighted by Gasteiger charge is -2.58. The van der Waals surface area contributed by atoms with Gasteiger partial charge in [-0.2, -0.15) is 18.4 Å². The second-order valence-corrected chi connectivity index (χ2v) is 6.80. The van der Waals surface area contributed by atoms with Crippen molar-refractivity contribution in [2.45, 2.75) is 38.6 Å². The maximum Gasteiger partial charge on any atom is 0.433 e. The van der Waals surface area contributed by atoms with Crippen molar-refractivity contribution in [2.24, 2.45) is 11.3 Å². The molecule has 0 unspecified atom stereocenters. The van der Waals surface area contributed by atoms with E-state index < -0.39 is 11.9 Å². The molecule has 0 radical (unpaired) electrons. The predicted octanol–water partition coefficient (Wildman–Crippen LogP) is 3.22. The number of halogens is 3. The highest BCUT2D eigenvalue weighted by Crippen LogP contribution is 2.55. The number of fused-ring (bicyclic) bond motifs is 1. The Balaban J connectivity index is 1.99. The van der Waals surface area contributed by atoms with Crippen molar-refractivity contribution in [3.63, 3.8) is 0 Å². The molecular formula is C16H18F3N3O. The predicted molar refractivity (Wildman–Crippen MR) is 77.8 cm³/mol. The van der Waals surface area contributed by atoms with Gasteiger partial charge >= 0.3 is 6.18 Å². The van der Waals surface area contributed by atoms with Gasteiger partial charge in [0.25, 0.3) is 0 Å². The zero-order valence-electron chi connectivity index (χ0n) is 13.2. The van der Waals surface area contributed by atoms with Crippen molar-refractivity contribution in [3.8, 4) is 6.07 Å². The number of rotatable bonds is 2. The van der Waals surface area contributed by atoms with Crippen LogP contribution in [0.15, 0.2) is 12.1 Å². The molecule has 0 bridgehead atoms. The van der Waals surface area contributed by atoms with Crippen molar-refractivity contribution in [2.75, 3.05) is 18.6 Å². The Morgan fingerprint density at radius 2 is 2.09 bits per heavy atom. The van der Waals surface area contributed by atoms with Gasteiger partial charge in [-0.1, -0.05) is 13.8 Å². The zero-order chi connectivity index (χ0) is 17.0. The van der Waals surface area contributed by atoms with Crippen LogP contribution in [-0.4, -0.2) is 30.8 Å². The van der Waals surface area contributed by atoms with Crippen molar-refractivity contribution in [1.29, 1.82) is 5.26 Å². The first-order chi connectivity index (χ1) is 10.7. The van der Waals surface area contributed by atoms with Crippen LogP contribution in [0.5, 0.6) is 0 Å². The first kappa shape index (κ1) is 16.1. The van der Waals surface area contributed by atoms with Crippen molar-refractivity contribution in [1.82, 2.24) is 4.98 Å². The lowest BCUT2D eigenvalue weighted by molar-refractivity contribution is -0.141. The van der Waals surface area contributed by atoms with Gasteiger partial charge in [-0.15, -0.1) is 0 Å². The number of hydrogen-bond donors (Lipinski definition) is 0. The summed E-state index contributed by atoms with van der Waals surface area (Å²) in [7, 11) is 1.71. The largest absolute Gasteiger partial charge is 0.433 e. The average molecular weight is 325 g/mol. The Labute approximate surface area is 132 Å². The summed E-state index contributed by atoms with van der Waals surface area (Å²) >= 11 is 0. The first-order valence-electron chi connectivity index (χ1n) is 7.50. The van der Waals surface area contributed by atoms with Crippen LogP contribution in [0.1, 0.15) is 31.5 Å². The van der Waals surface area contributed by atoms with E-state index in [9.17, 15) is 18.4 Å². The molecule has 1 saturated carbocycles. The molecule has 124 valence electrons. The highest BCUT2D eigenvalue weighted by atomic mass is 19.4. The Morgan fingerprint density at radius 3 is 2.70 bits per heavy atom. The minimum atomic E-state index is -4.53. The fraction of sp³-hybridized carbons (Fsp3) is 0.625. The van der Waals surface area contributed by atoms with Crippen LogP contribution in [0.3, 0.4) is 0 Å². The van der Waals surface area contributed by atoms with Crippen LogP contribution in [0.25, 0.3) is 0 Å². The average Bonchev–Trinajstić information content (AvgIpc) is 2.91. The quantitative estimate of drug-likeness (QED) is 0.838. The van der Waals surface area contributed by atoms with Crippen LogP contribution >= 0.6 is 0 Å². The summed E-state index contributed by atoms with van der Waals surface area (Å²) in [5.41, 5.74) is -1.02. The van der Waals surface area contributed by atoms with E-state index in [1.54, 1.807) is 11.9 Å². The summed E-state index contributed by atoms with van der Waals surface area (Å²) in [6.45, 7) is 4.75. The summed E-state index contributed by atoms with van der Waals surface area (Å²) in [6, 6.07) is 3.98. The molecule has 1 aliphatic heterocycles. The number of anilines is 1. The lowest BCUT2D eigenvalue weighted by Crippen LogP contribution is -2.66. The van der Waals surface area contributed by atoms with Crippen LogP contribution in [0.4, 0.5) is 19.0 Å². The molecule has 1 aromatic heterocycles. The van der Waals surface area contributed by atoms with Gasteiger partial charge in [0.15, 0.2) is 0 Å². The normalized spacial score (nSPS) is 28.7. The van der Waals surface area contributed by atoms with Crippen LogP contribution in [0.2, 0.25) is 0 Å². The molecule has 0 amide bonds. The smallest absolute Gasteiger partial charge is 0.377 e. The molecule has 1 aliphatic carbocycles. The molecule has 4 nitrogen and oxygen atoms in total. The van der Waals surface area contributed by atoms with Gasteiger partial charge in [-0.3, -0.25) is 0 Å². The molecule has 3 rings (SSSR count). The molecule has 23 heavy (non-hydrogen) atoms. The Hall–Kier alpha value is -1.81. The first-order valence-corrected chi connectivity index (χ1v) is 7.50. The summed E-state index contributed by atoms with van der Waals surface area (Å²) in [6.07, 6.45) is -3.53. The van der Waals surface area contributed by atoms with Crippen molar-refractivity contribution < 1.29 is 17.9 Å². The van der Waals surface area contributed by atoms with Crippen molar-refractivity contribution in [3.05, 3.63) is 23.4 Å². The van der Waals surface area contributed by atoms with Crippen LogP contribution < -0.4 is 4.90 Å². The van der Waals surface area contributed by atoms with Gasteiger partial charge in [0.05, 0.1) is 11.7 Å². The van der Waals surface area contributed by atoms with E-state index in [1.807, 2.05) is 19.9 Å². The standard InChI is InChI=1S/C16H18F3N3O/c1-15(2)12(10-6-7-23-13(10)15)22(3)14-9(8-20)4-5-11(21-14)16(17,18)19/h4-5,10,12-13H,6-7H2,1-3H3/t10-,12+,13-/m0/s1. The molecule has 7 heteroatoms. The maximum absolute atomic E-state index is 12.9. The van der Waals surface area contributed by atoms with E-state index in [2.05, 4.69) is 4.98 Å². The molecule has 3 atom stereocenters. The van der Waals surface area contributed by atoms with E-state index >= 15 is 0 Å². The zero-order valence-corrected chi connectivity index (χ0v) is 13.2. The van der Waals surface area contributed by atoms with E-state index in [-0.39, 0.29) is 34.9 Å². The third-order valence-corrected chi connectivity index (χ3v) is 5.08. The number of nitriles is 1. The van der Waals surface area contributed by atoms with Gasteiger partial charge in [-0.25, -0.2) is 4.98 Å². The maximum atomic E-state index is 12.9. The topological polar surface area (TPSA) is 49.2 Å².